The lowest BCUT2D eigenvalue weighted by molar-refractivity contribution is -0.144. The first-order chi connectivity index (χ1) is 11.8. The van der Waals surface area contributed by atoms with E-state index in [4.69, 9.17) is 0 Å². The van der Waals surface area contributed by atoms with Crippen molar-refractivity contribution in [3.8, 4) is 0 Å². The molecule has 0 heterocycles. The number of ether oxygens (including phenoxy) is 1. The number of methoxy groups -OCH3 is 1. The summed E-state index contributed by atoms with van der Waals surface area (Å²) in [6.07, 6.45) is 9.11. The monoisotopic (exact) mass is 362 g/mol. The summed E-state index contributed by atoms with van der Waals surface area (Å²) < 4.78 is 31.8. The van der Waals surface area contributed by atoms with Crippen molar-refractivity contribution in [3.63, 3.8) is 0 Å². The third-order valence-electron chi connectivity index (χ3n) is 4.67. The zero-order valence-electron chi connectivity index (χ0n) is 16.3. The van der Waals surface area contributed by atoms with Crippen molar-refractivity contribution in [3.05, 3.63) is 0 Å². The molecule has 148 valence electrons. The molecule has 0 aromatic carbocycles. The van der Waals surface area contributed by atoms with Crippen molar-refractivity contribution < 1.29 is 23.1 Å². The Morgan fingerprint density at radius 3 is 2.12 bits per heavy atom. The van der Waals surface area contributed by atoms with Gasteiger partial charge in [0.25, 0.3) is 0 Å². The van der Waals surface area contributed by atoms with Crippen molar-refractivity contribution in [1.29, 1.82) is 0 Å². The van der Waals surface area contributed by atoms with Crippen LogP contribution in [0.4, 0.5) is 8.78 Å². The SMILES string of the molecule is CCCCC(F)(F)C(=O)CC[C@H](C)CCCCCCCCC(=O)OC. The Bertz CT molecular complexity index is 370. The molecule has 0 aromatic heterocycles. The van der Waals surface area contributed by atoms with E-state index >= 15 is 0 Å². The van der Waals surface area contributed by atoms with Gasteiger partial charge in [-0.1, -0.05) is 58.8 Å². The fraction of sp³-hybridized carbons (Fsp3) is 0.900. The van der Waals surface area contributed by atoms with Crippen molar-refractivity contribution in [2.24, 2.45) is 5.92 Å². The number of rotatable bonds is 16. The molecule has 0 amide bonds. The minimum atomic E-state index is -3.14. The topological polar surface area (TPSA) is 43.4 Å². The molecule has 0 fully saturated rings. The highest BCUT2D eigenvalue weighted by Crippen LogP contribution is 2.26. The first-order valence-corrected chi connectivity index (χ1v) is 9.81. The maximum absolute atomic E-state index is 13.6. The van der Waals surface area contributed by atoms with E-state index in [1.165, 1.54) is 7.11 Å². The number of carbonyl (C=O) groups excluding carboxylic acids is 2. The normalized spacial score (nSPS) is 12.8. The molecule has 3 nitrogen and oxygen atoms in total. The highest BCUT2D eigenvalue weighted by molar-refractivity contribution is 5.85. The summed E-state index contributed by atoms with van der Waals surface area (Å²) in [6.45, 7) is 3.88. The van der Waals surface area contributed by atoms with Gasteiger partial charge in [0.15, 0.2) is 0 Å². The zero-order valence-corrected chi connectivity index (χ0v) is 16.3. The Balaban J connectivity index is 3.62. The second-order valence-electron chi connectivity index (χ2n) is 7.11. The average Bonchev–Trinajstić information content (AvgIpc) is 2.59. The molecule has 5 heteroatoms. The first kappa shape index (κ1) is 24.0. The van der Waals surface area contributed by atoms with Crippen LogP contribution in [-0.2, 0) is 14.3 Å². The third kappa shape index (κ3) is 12.9. The minimum Gasteiger partial charge on any atom is -0.469 e. The van der Waals surface area contributed by atoms with Crippen LogP contribution in [-0.4, -0.2) is 24.8 Å². The summed E-state index contributed by atoms with van der Waals surface area (Å²) in [5.41, 5.74) is 0. The molecule has 1 atom stereocenters. The average molecular weight is 363 g/mol. The number of Topliss-reactive ketones (excluding diaryl/α,β-unsaturated/α-hetero) is 1. The Labute approximate surface area is 151 Å². The van der Waals surface area contributed by atoms with Crippen LogP contribution in [0.1, 0.15) is 97.3 Å². The van der Waals surface area contributed by atoms with E-state index in [0.29, 0.717) is 31.6 Å². The van der Waals surface area contributed by atoms with Gasteiger partial charge in [-0.25, -0.2) is 0 Å². The molecule has 0 unspecified atom stereocenters. The highest BCUT2D eigenvalue weighted by Gasteiger charge is 2.36. The van der Waals surface area contributed by atoms with Crippen molar-refractivity contribution >= 4 is 11.8 Å². The van der Waals surface area contributed by atoms with E-state index < -0.39 is 11.7 Å². The maximum Gasteiger partial charge on any atom is 0.305 e. The van der Waals surface area contributed by atoms with Gasteiger partial charge in [0.2, 0.25) is 5.78 Å². The lowest BCUT2D eigenvalue weighted by Gasteiger charge is -2.16. The van der Waals surface area contributed by atoms with Gasteiger partial charge in [-0.3, -0.25) is 9.59 Å². The molecule has 0 spiro atoms. The summed E-state index contributed by atoms with van der Waals surface area (Å²) in [5.74, 6) is -3.87. The quantitative estimate of drug-likeness (QED) is 0.246. The first-order valence-electron chi connectivity index (χ1n) is 9.81. The number of esters is 1. The van der Waals surface area contributed by atoms with E-state index in [1.807, 2.05) is 13.8 Å². The summed E-state index contributed by atoms with van der Waals surface area (Å²) in [7, 11) is 1.41. The number of carbonyl (C=O) groups is 2. The molecule has 0 aromatic rings. The van der Waals surface area contributed by atoms with Gasteiger partial charge in [-0.2, -0.15) is 8.78 Å². The summed E-state index contributed by atoms with van der Waals surface area (Å²) in [4.78, 5) is 22.6. The second kappa shape index (κ2) is 14.2. The number of hydrogen-bond donors (Lipinski definition) is 0. The van der Waals surface area contributed by atoms with Gasteiger partial charge in [-0.05, 0) is 25.2 Å². The second-order valence-corrected chi connectivity index (χ2v) is 7.11. The smallest absolute Gasteiger partial charge is 0.305 e. The summed E-state index contributed by atoms with van der Waals surface area (Å²) >= 11 is 0. The standard InChI is InChI=1S/C20H36F2O3/c1-4-5-16-20(21,22)18(23)15-14-17(2)12-10-8-6-7-9-11-13-19(24)25-3/h17H,4-16H2,1-3H3/t17-/m1/s1. The van der Waals surface area contributed by atoms with Gasteiger partial charge in [-0.15, -0.1) is 0 Å². The molecule has 0 bridgehead atoms. The van der Waals surface area contributed by atoms with Crippen LogP contribution < -0.4 is 0 Å². The predicted octanol–water partition coefficient (Wildman–Crippen LogP) is 6.09. The van der Waals surface area contributed by atoms with E-state index in [9.17, 15) is 18.4 Å². The molecule has 0 N–H and O–H groups in total. The van der Waals surface area contributed by atoms with Gasteiger partial charge in [0.05, 0.1) is 7.11 Å². The Morgan fingerprint density at radius 1 is 0.920 bits per heavy atom. The number of unbranched alkanes of at least 4 members (excludes halogenated alkanes) is 6. The summed E-state index contributed by atoms with van der Waals surface area (Å²) in [6, 6.07) is 0. The molecule has 0 aliphatic rings. The minimum absolute atomic E-state index is 0.00852. The fourth-order valence-corrected chi connectivity index (χ4v) is 2.81. The van der Waals surface area contributed by atoms with Crippen molar-refractivity contribution in [2.45, 2.75) is 103 Å². The van der Waals surface area contributed by atoms with Gasteiger partial charge >= 0.3 is 11.9 Å². The number of hydrogen-bond acceptors (Lipinski definition) is 3. The fourth-order valence-electron chi connectivity index (χ4n) is 2.81. The summed E-state index contributed by atoms with van der Waals surface area (Å²) in [5, 5.41) is 0. The van der Waals surface area contributed by atoms with Crippen LogP contribution in [0, 0.1) is 5.92 Å². The van der Waals surface area contributed by atoms with Crippen LogP contribution in [0.15, 0.2) is 0 Å². The highest BCUT2D eigenvalue weighted by atomic mass is 19.3. The molecule has 0 rings (SSSR count). The number of alkyl halides is 2. The van der Waals surface area contributed by atoms with Gasteiger partial charge in [0.1, 0.15) is 0 Å². The molecular formula is C20H36F2O3. The number of halogens is 2. The van der Waals surface area contributed by atoms with E-state index in [0.717, 1.165) is 44.9 Å². The van der Waals surface area contributed by atoms with Crippen molar-refractivity contribution in [1.82, 2.24) is 0 Å². The molecular weight excluding hydrogens is 326 g/mol. The van der Waals surface area contributed by atoms with E-state index in [1.54, 1.807) is 0 Å². The Morgan fingerprint density at radius 2 is 1.52 bits per heavy atom. The van der Waals surface area contributed by atoms with Crippen LogP contribution in [0.2, 0.25) is 0 Å². The lowest BCUT2D eigenvalue weighted by Crippen LogP contribution is -2.28. The largest absolute Gasteiger partial charge is 0.469 e. The van der Waals surface area contributed by atoms with Crippen molar-refractivity contribution in [2.75, 3.05) is 7.11 Å². The molecule has 0 saturated heterocycles. The lowest BCUT2D eigenvalue weighted by atomic mass is 9.94. The Hall–Kier alpha value is -1.00. The molecule has 0 saturated carbocycles. The van der Waals surface area contributed by atoms with E-state index in [2.05, 4.69) is 4.74 Å². The van der Waals surface area contributed by atoms with Gasteiger partial charge < -0.3 is 4.74 Å². The third-order valence-corrected chi connectivity index (χ3v) is 4.67. The van der Waals surface area contributed by atoms with Crippen LogP contribution in [0.25, 0.3) is 0 Å². The zero-order chi connectivity index (χ0) is 19.1. The Kier molecular flexibility index (Phi) is 13.6. The predicted molar refractivity (Wildman–Crippen MR) is 96.8 cm³/mol. The van der Waals surface area contributed by atoms with E-state index in [-0.39, 0.29) is 18.8 Å². The van der Waals surface area contributed by atoms with Crippen LogP contribution >= 0.6 is 0 Å². The van der Waals surface area contributed by atoms with Crippen LogP contribution in [0.5, 0.6) is 0 Å². The van der Waals surface area contributed by atoms with Gasteiger partial charge in [0, 0.05) is 19.3 Å². The molecule has 0 aliphatic carbocycles. The molecule has 25 heavy (non-hydrogen) atoms. The van der Waals surface area contributed by atoms with Crippen LogP contribution in [0.3, 0.4) is 0 Å². The molecule has 0 aliphatic heterocycles. The molecule has 0 radical (unpaired) electrons. The maximum atomic E-state index is 13.6. The number of ketones is 1.